The molecule has 0 fully saturated rings. The molecule has 3 heterocycles. The van der Waals surface area contributed by atoms with Gasteiger partial charge in [-0.15, -0.1) is 0 Å². The number of hydrogen-bond acceptors (Lipinski definition) is 4. The van der Waals surface area contributed by atoms with Gasteiger partial charge in [0.25, 0.3) is 5.56 Å². The maximum atomic E-state index is 13.3. The van der Waals surface area contributed by atoms with Gasteiger partial charge in [-0.3, -0.25) is 23.0 Å². The molecular formula is C24H23FN6O2. The number of rotatable bonds is 6. The Bertz CT molecular complexity index is 1600. The number of benzene rings is 2. The zero-order valence-corrected chi connectivity index (χ0v) is 18.4. The molecule has 0 unspecified atom stereocenters. The number of fused-ring (bicyclic) bond motifs is 2. The van der Waals surface area contributed by atoms with Crippen LogP contribution in [-0.2, 0) is 27.2 Å². The highest BCUT2D eigenvalue weighted by molar-refractivity contribution is 5.90. The van der Waals surface area contributed by atoms with Crippen LogP contribution < -0.4 is 11.2 Å². The molecule has 0 aliphatic carbocycles. The molecule has 168 valence electrons. The van der Waals surface area contributed by atoms with Crippen molar-refractivity contribution in [3.05, 3.63) is 81.3 Å². The molecule has 0 bridgehead atoms. The second-order valence-electron chi connectivity index (χ2n) is 8.05. The Morgan fingerprint density at radius 3 is 2.58 bits per heavy atom. The molecule has 0 amide bonds. The van der Waals surface area contributed by atoms with Gasteiger partial charge < -0.3 is 4.57 Å². The van der Waals surface area contributed by atoms with E-state index in [2.05, 4.69) is 4.98 Å². The van der Waals surface area contributed by atoms with Crippen molar-refractivity contribution in [1.82, 2.24) is 28.5 Å². The molecule has 0 N–H and O–H groups in total. The van der Waals surface area contributed by atoms with E-state index in [1.165, 1.54) is 11.6 Å². The Kier molecular flexibility index (Phi) is 5.16. The number of halogens is 1. The second kappa shape index (κ2) is 8.16. The van der Waals surface area contributed by atoms with E-state index in [1.807, 2.05) is 54.1 Å². The molecule has 33 heavy (non-hydrogen) atoms. The van der Waals surface area contributed by atoms with E-state index < -0.39 is 17.9 Å². The molecule has 0 aliphatic rings. The van der Waals surface area contributed by atoms with Crippen LogP contribution in [0.2, 0.25) is 0 Å². The smallest absolute Gasteiger partial charge is 0.332 e. The second-order valence-corrected chi connectivity index (χ2v) is 8.05. The van der Waals surface area contributed by atoms with E-state index in [0.29, 0.717) is 23.4 Å². The molecule has 0 saturated carbocycles. The fraction of sp³-hybridized carbons (Fsp3) is 0.250. The fourth-order valence-corrected chi connectivity index (χ4v) is 4.31. The minimum absolute atomic E-state index is 0.130. The first-order chi connectivity index (χ1) is 16.0. The summed E-state index contributed by atoms with van der Waals surface area (Å²) in [6.07, 6.45) is 3.60. The van der Waals surface area contributed by atoms with Crippen LogP contribution >= 0.6 is 0 Å². The molecule has 3 aromatic heterocycles. The predicted molar refractivity (Wildman–Crippen MR) is 125 cm³/mol. The zero-order valence-electron chi connectivity index (χ0n) is 18.4. The fourth-order valence-electron chi connectivity index (χ4n) is 4.31. The van der Waals surface area contributed by atoms with E-state index in [1.54, 1.807) is 17.1 Å². The average Bonchev–Trinajstić information content (AvgIpc) is 3.41. The van der Waals surface area contributed by atoms with E-state index in [9.17, 15) is 14.0 Å². The Morgan fingerprint density at radius 1 is 1.03 bits per heavy atom. The molecule has 8 nitrogen and oxygen atoms in total. The van der Waals surface area contributed by atoms with Crippen LogP contribution in [0.5, 0.6) is 0 Å². The summed E-state index contributed by atoms with van der Waals surface area (Å²) in [4.78, 5) is 30.6. The van der Waals surface area contributed by atoms with Crippen LogP contribution in [0.25, 0.3) is 33.3 Å². The highest BCUT2D eigenvalue weighted by Gasteiger charge is 2.24. The van der Waals surface area contributed by atoms with Gasteiger partial charge in [0.15, 0.2) is 11.5 Å². The lowest BCUT2D eigenvalue weighted by molar-refractivity contribution is 0.441. The first-order valence-electron chi connectivity index (χ1n) is 10.7. The third-order valence-corrected chi connectivity index (χ3v) is 5.97. The van der Waals surface area contributed by atoms with Gasteiger partial charge in [0.2, 0.25) is 0 Å². The van der Waals surface area contributed by atoms with E-state index in [4.69, 9.17) is 5.10 Å². The van der Waals surface area contributed by atoms with Gasteiger partial charge >= 0.3 is 5.69 Å². The van der Waals surface area contributed by atoms with Gasteiger partial charge in [0.1, 0.15) is 11.1 Å². The highest BCUT2D eigenvalue weighted by Crippen LogP contribution is 2.27. The lowest BCUT2D eigenvalue weighted by Gasteiger charge is -2.10. The van der Waals surface area contributed by atoms with Crippen molar-refractivity contribution < 1.29 is 4.39 Å². The quantitative estimate of drug-likeness (QED) is 0.402. The molecule has 2 aromatic carbocycles. The first-order valence-corrected chi connectivity index (χ1v) is 10.7. The molecule has 0 saturated heterocycles. The number of nitrogens with zero attached hydrogens (tertiary/aromatic N) is 6. The molecule has 5 rings (SSSR count). The number of aromatic nitrogens is 6. The SMILES string of the molecule is Cn1ccnc1-c1c2c(=O)n(C)c(=O)n(CCCF)c2nn1Cc1cccc2ccccc12. The lowest BCUT2D eigenvalue weighted by atomic mass is 10.0. The Morgan fingerprint density at radius 2 is 1.82 bits per heavy atom. The minimum Gasteiger partial charge on any atom is -0.333 e. The number of hydrogen-bond donors (Lipinski definition) is 0. The van der Waals surface area contributed by atoms with Gasteiger partial charge in [0.05, 0.1) is 13.2 Å². The summed E-state index contributed by atoms with van der Waals surface area (Å²) in [5.41, 5.74) is 0.830. The third kappa shape index (κ3) is 3.36. The lowest BCUT2D eigenvalue weighted by Crippen LogP contribution is -2.38. The van der Waals surface area contributed by atoms with E-state index in [0.717, 1.165) is 20.9 Å². The van der Waals surface area contributed by atoms with Crippen molar-refractivity contribution in [3.63, 3.8) is 0 Å². The van der Waals surface area contributed by atoms with Crippen molar-refractivity contribution >= 4 is 21.8 Å². The maximum absolute atomic E-state index is 13.3. The number of aryl methyl sites for hydroxylation is 2. The average molecular weight is 446 g/mol. The molecule has 0 spiro atoms. The van der Waals surface area contributed by atoms with Crippen molar-refractivity contribution in [3.8, 4) is 11.5 Å². The number of imidazole rings is 1. The monoisotopic (exact) mass is 446 g/mol. The van der Waals surface area contributed by atoms with Crippen molar-refractivity contribution in [1.29, 1.82) is 0 Å². The van der Waals surface area contributed by atoms with E-state index in [-0.39, 0.29) is 18.6 Å². The highest BCUT2D eigenvalue weighted by atomic mass is 19.1. The van der Waals surface area contributed by atoms with Gasteiger partial charge in [-0.25, -0.2) is 9.78 Å². The van der Waals surface area contributed by atoms with Gasteiger partial charge in [-0.2, -0.15) is 5.10 Å². The summed E-state index contributed by atoms with van der Waals surface area (Å²) in [5.74, 6) is 0.561. The van der Waals surface area contributed by atoms with Gasteiger partial charge in [0, 0.05) is 33.0 Å². The topological polar surface area (TPSA) is 79.6 Å². The molecule has 9 heteroatoms. The standard InChI is InChI=1S/C24H23FN6O2/c1-28-14-12-26-22(28)20-19-21(30(13-6-11-25)24(33)29(2)23(19)32)27-31(20)15-17-9-5-8-16-7-3-4-10-18(16)17/h3-5,7-10,12,14H,6,11,13,15H2,1-2H3. The van der Waals surface area contributed by atoms with Crippen LogP contribution in [0.1, 0.15) is 12.0 Å². The molecule has 0 radical (unpaired) electrons. The van der Waals surface area contributed by atoms with E-state index >= 15 is 0 Å². The normalized spacial score (nSPS) is 11.6. The maximum Gasteiger partial charge on any atom is 0.332 e. The summed E-state index contributed by atoms with van der Waals surface area (Å²) >= 11 is 0. The summed E-state index contributed by atoms with van der Waals surface area (Å²) in [6, 6.07) is 14.1. The Balaban J connectivity index is 1.83. The summed E-state index contributed by atoms with van der Waals surface area (Å²) in [5, 5.41) is 7.19. The molecule has 0 atom stereocenters. The Hall–Kier alpha value is -4.01. The Labute approximate surface area is 188 Å². The third-order valence-electron chi connectivity index (χ3n) is 5.97. The first kappa shape index (κ1) is 20.9. The minimum atomic E-state index is -0.570. The van der Waals surface area contributed by atoms with Crippen LogP contribution in [-0.4, -0.2) is 35.1 Å². The molecular weight excluding hydrogens is 423 g/mol. The molecule has 0 aliphatic heterocycles. The largest absolute Gasteiger partial charge is 0.333 e. The van der Waals surface area contributed by atoms with Crippen LogP contribution in [0, 0.1) is 0 Å². The van der Waals surface area contributed by atoms with Crippen LogP contribution in [0.15, 0.2) is 64.4 Å². The predicted octanol–water partition coefficient (Wildman–Crippen LogP) is 2.86. The zero-order chi connectivity index (χ0) is 23.1. The van der Waals surface area contributed by atoms with Crippen molar-refractivity contribution in [2.45, 2.75) is 19.5 Å². The van der Waals surface area contributed by atoms with Gasteiger partial charge in [-0.1, -0.05) is 42.5 Å². The summed E-state index contributed by atoms with van der Waals surface area (Å²) < 4.78 is 18.9. The van der Waals surface area contributed by atoms with Crippen molar-refractivity contribution in [2.75, 3.05) is 6.67 Å². The molecule has 5 aromatic rings. The van der Waals surface area contributed by atoms with Crippen LogP contribution in [0.3, 0.4) is 0 Å². The van der Waals surface area contributed by atoms with Gasteiger partial charge in [-0.05, 0) is 22.8 Å². The van der Waals surface area contributed by atoms with Crippen LogP contribution in [0.4, 0.5) is 4.39 Å². The number of alkyl halides is 1. The van der Waals surface area contributed by atoms with Crippen molar-refractivity contribution in [2.24, 2.45) is 14.1 Å². The summed E-state index contributed by atoms with van der Waals surface area (Å²) in [7, 11) is 3.27. The summed E-state index contributed by atoms with van der Waals surface area (Å²) in [6.45, 7) is -0.0658.